The van der Waals surface area contributed by atoms with Gasteiger partial charge in [0, 0.05) is 17.6 Å². The van der Waals surface area contributed by atoms with Crippen LogP contribution in [0.2, 0.25) is 0 Å². The molecule has 0 unspecified atom stereocenters. The molecule has 0 saturated heterocycles. The van der Waals surface area contributed by atoms with Gasteiger partial charge < -0.3 is 5.32 Å². The number of hydrogen-bond donors (Lipinski definition) is 2. The first kappa shape index (κ1) is 15.9. The Morgan fingerprint density at radius 2 is 2.05 bits per heavy atom. The Hall–Kier alpha value is -1.44. The van der Waals surface area contributed by atoms with Crippen LogP contribution in [-0.2, 0) is 16.6 Å². The van der Waals surface area contributed by atoms with Gasteiger partial charge in [-0.1, -0.05) is 6.92 Å². The largest absolute Gasteiger partial charge is 0.312 e. The molecule has 0 bridgehead atoms. The molecule has 0 radical (unpaired) electrons. The molecule has 2 heterocycles. The minimum atomic E-state index is -3.60. The van der Waals surface area contributed by atoms with Gasteiger partial charge in [-0.2, -0.15) is 0 Å². The van der Waals surface area contributed by atoms with Crippen molar-refractivity contribution in [2.24, 2.45) is 0 Å². The molecule has 114 valence electrons. The number of thiophene rings is 1. The summed E-state index contributed by atoms with van der Waals surface area (Å²) < 4.78 is 27.8. The minimum Gasteiger partial charge on any atom is -0.312 e. The number of aromatic nitrogens is 1. The summed E-state index contributed by atoms with van der Waals surface area (Å²) >= 11 is 1.46. The summed E-state index contributed by atoms with van der Waals surface area (Å²) in [4.78, 5) is 5.20. The van der Waals surface area contributed by atoms with E-state index in [1.54, 1.807) is 12.3 Å². The molecule has 21 heavy (non-hydrogen) atoms. The second-order valence-electron chi connectivity index (χ2n) is 4.81. The molecule has 2 aromatic rings. The summed E-state index contributed by atoms with van der Waals surface area (Å²) in [5.74, 6) is 0. The summed E-state index contributed by atoms with van der Waals surface area (Å²) in [5, 5.41) is 5.04. The zero-order valence-corrected chi connectivity index (χ0v) is 13.9. The fourth-order valence-corrected chi connectivity index (χ4v) is 4.84. The maximum Gasteiger partial charge on any atom is 0.263 e. The highest BCUT2D eigenvalue weighted by Crippen LogP contribution is 2.28. The number of nitrogens with zero attached hydrogens (tertiary/aromatic N) is 1. The van der Waals surface area contributed by atoms with E-state index in [-0.39, 0.29) is 0 Å². The quantitative estimate of drug-likeness (QED) is 0.856. The zero-order chi connectivity index (χ0) is 15.5. The summed E-state index contributed by atoms with van der Waals surface area (Å²) in [7, 11) is -3.60. The number of rotatable bonds is 6. The number of pyridine rings is 1. The van der Waals surface area contributed by atoms with Gasteiger partial charge in [-0.25, -0.2) is 8.42 Å². The van der Waals surface area contributed by atoms with Crippen molar-refractivity contribution in [2.45, 2.75) is 32.2 Å². The number of sulfonamides is 1. The highest BCUT2D eigenvalue weighted by Gasteiger charge is 2.23. The first-order chi connectivity index (χ1) is 9.94. The molecule has 7 heteroatoms. The fraction of sp³-hybridized carbons (Fsp3) is 0.357. The molecule has 0 saturated carbocycles. The van der Waals surface area contributed by atoms with Crippen LogP contribution in [0.15, 0.2) is 28.7 Å². The van der Waals surface area contributed by atoms with E-state index >= 15 is 0 Å². The molecule has 0 aromatic carbocycles. The molecule has 2 rings (SSSR count). The van der Waals surface area contributed by atoms with E-state index in [1.165, 1.54) is 17.5 Å². The van der Waals surface area contributed by atoms with Crippen LogP contribution < -0.4 is 10.0 Å². The van der Waals surface area contributed by atoms with Gasteiger partial charge in [0.05, 0.1) is 11.9 Å². The lowest BCUT2D eigenvalue weighted by molar-refractivity contribution is 0.599. The first-order valence-electron chi connectivity index (χ1n) is 6.66. The molecule has 2 aromatic heterocycles. The molecular formula is C14H19N3O2S2. The first-order valence-corrected chi connectivity index (χ1v) is 9.02. The molecule has 0 aliphatic carbocycles. The third-order valence-corrected chi connectivity index (χ3v) is 5.76. The predicted octanol–water partition coefficient (Wildman–Crippen LogP) is 2.67. The van der Waals surface area contributed by atoms with Crippen molar-refractivity contribution < 1.29 is 8.42 Å². The molecule has 0 aliphatic rings. The molecule has 2 N–H and O–H groups in total. The van der Waals surface area contributed by atoms with Gasteiger partial charge in [-0.05, 0) is 43.0 Å². The minimum absolute atomic E-state index is 0.370. The van der Waals surface area contributed by atoms with Crippen LogP contribution in [0, 0.1) is 13.8 Å². The van der Waals surface area contributed by atoms with Gasteiger partial charge in [0.15, 0.2) is 0 Å². The molecular weight excluding hydrogens is 306 g/mol. The average Bonchev–Trinajstić information content (AvgIpc) is 2.77. The molecule has 0 atom stereocenters. The maximum absolute atomic E-state index is 12.6. The standard InChI is InChI=1S/C14H19N3O2S2/c1-4-15-8-13-14(11(3)9-20-13)21(18,19)17-12-5-10(2)6-16-7-12/h5-7,9,15,17H,4,8H2,1-3H3. The van der Waals surface area contributed by atoms with Crippen LogP contribution >= 0.6 is 11.3 Å². The van der Waals surface area contributed by atoms with Crippen LogP contribution in [0.3, 0.4) is 0 Å². The van der Waals surface area contributed by atoms with E-state index in [0.29, 0.717) is 17.1 Å². The topological polar surface area (TPSA) is 71.1 Å². The van der Waals surface area contributed by atoms with Crippen LogP contribution in [0.4, 0.5) is 5.69 Å². The van der Waals surface area contributed by atoms with E-state index < -0.39 is 10.0 Å². The highest BCUT2D eigenvalue weighted by atomic mass is 32.2. The van der Waals surface area contributed by atoms with E-state index in [4.69, 9.17) is 0 Å². The number of aryl methyl sites for hydroxylation is 2. The van der Waals surface area contributed by atoms with Gasteiger partial charge in [-0.15, -0.1) is 11.3 Å². The van der Waals surface area contributed by atoms with Crippen LogP contribution in [-0.4, -0.2) is 19.9 Å². The Morgan fingerprint density at radius 1 is 1.29 bits per heavy atom. The monoisotopic (exact) mass is 325 g/mol. The Balaban J connectivity index is 2.33. The Bertz CT molecular complexity index is 724. The van der Waals surface area contributed by atoms with Gasteiger partial charge in [0.25, 0.3) is 10.0 Å². The third-order valence-electron chi connectivity index (χ3n) is 2.92. The predicted molar refractivity (Wildman–Crippen MR) is 86.2 cm³/mol. The number of hydrogen-bond acceptors (Lipinski definition) is 5. The lowest BCUT2D eigenvalue weighted by Crippen LogP contribution is -2.18. The second-order valence-corrected chi connectivity index (χ2v) is 7.39. The summed E-state index contributed by atoms with van der Waals surface area (Å²) in [6, 6.07) is 1.76. The van der Waals surface area contributed by atoms with Crippen molar-refractivity contribution in [3.63, 3.8) is 0 Å². The molecule has 0 amide bonds. The molecule has 0 aliphatic heterocycles. The smallest absolute Gasteiger partial charge is 0.263 e. The fourth-order valence-electron chi connectivity index (χ4n) is 2.03. The van der Waals surface area contributed by atoms with Gasteiger partial charge in [0.1, 0.15) is 4.90 Å². The zero-order valence-electron chi connectivity index (χ0n) is 12.3. The van der Waals surface area contributed by atoms with E-state index in [0.717, 1.165) is 22.5 Å². The van der Waals surface area contributed by atoms with Crippen molar-refractivity contribution in [3.8, 4) is 0 Å². The van der Waals surface area contributed by atoms with Crippen LogP contribution in [0.1, 0.15) is 22.9 Å². The normalized spacial score (nSPS) is 11.6. The SMILES string of the molecule is CCNCc1scc(C)c1S(=O)(=O)Nc1cncc(C)c1. The molecule has 5 nitrogen and oxygen atoms in total. The summed E-state index contributed by atoms with van der Waals surface area (Å²) in [6.45, 7) is 7.03. The van der Waals surface area contributed by atoms with Gasteiger partial charge in [-0.3, -0.25) is 9.71 Å². The molecule has 0 fully saturated rings. The van der Waals surface area contributed by atoms with E-state index in [9.17, 15) is 8.42 Å². The highest BCUT2D eigenvalue weighted by molar-refractivity contribution is 7.93. The van der Waals surface area contributed by atoms with Crippen molar-refractivity contribution >= 4 is 27.0 Å². The van der Waals surface area contributed by atoms with Crippen molar-refractivity contribution in [3.05, 3.63) is 39.8 Å². The van der Waals surface area contributed by atoms with Crippen LogP contribution in [0.5, 0.6) is 0 Å². The lowest BCUT2D eigenvalue weighted by atomic mass is 10.3. The third kappa shape index (κ3) is 3.81. The maximum atomic E-state index is 12.6. The summed E-state index contributed by atoms with van der Waals surface area (Å²) in [6.07, 6.45) is 3.19. The number of anilines is 1. The second kappa shape index (κ2) is 6.55. The average molecular weight is 325 g/mol. The number of nitrogens with one attached hydrogen (secondary N) is 2. The summed E-state index contributed by atoms with van der Waals surface area (Å²) in [5.41, 5.74) is 2.15. The van der Waals surface area contributed by atoms with Crippen molar-refractivity contribution in [1.29, 1.82) is 0 Å². The van der Waals surface area contributed by atoms with E-state index in [2.05, 4.69) is 15.0 Å². The van der Waals surface area contributed by atoms with Gasteiger partial charge >= 0.3 is 0 Å². The Morgan fingerprint density at radius 3 is 2.71 bits per heavy atom. The van der Waals surface area contributed by atoms with Crippen LogP contribution in [0.25, 0.3) is 0 Å². The Labute approximate surface area is 129 Å². The van der Waals surface area contributed by atoms with E-state index in [1.807, 2.05) is 26.2 Å². The molecule has 0 spiro atoms. The lowest BCUT2D eigenvalue weighted by Gasteiger charge is -2.10. The van der Waals surface area contributed by atoms with Crippen molar-refractivity contribution in [1.82, 2.24) is 10.3 Å². The van der Waals surface area contributed by atoms with Crippen molar-refractivity contribution in [2.75, 3.05) is 11.3 Å². The Kier molecular flexibility index (Phi) is 4.97. The van der Waals surface area contributed by atoms with Gasteiger partial charge in [0.2, 0.25) is 0 Å².